The van der Waals surface area contributed by atoms with Crippen molar-refractivity contribution in [1.82, 2.24) is 9.97 Å². The Morgan fingerprint density at radius 1 is 1.10 bits per heavy atom. The van der Waals surface area contributed by atoms with Gasteiger partial charge < -0.3 is 10.4 Å². The number of carbonyl (C=O) groups is 1. The van der Waals surface area contributed by atoms with E-state index in [0.29, 0.717) is 23.4 Å². The molecule has 0 saturated heterocycles. The van der Waals surface area contributed by atoms with E-state index in [1.54, 1.807) is 6.92 Å². The number of urea groups is 1. The van der Waals surface area contributed by atoms with Crippen molar-refractivity contribution < 1.29 is 14.1 Å². The fraction of sp³-hybridized carbons (Fsp3) is 0.550. The number of pyridine rings is 1. The number of fused-ring (bicyclic) bond motifs is 3. The van der Waals surface area contributed by atoms with Gasteiger partial charge in [-0.2, -0.15) is 0 Å². The molecule has 0 saturated carbocycles. The Kier molecular flexibility index (Phi) is 4.73. The summed E-state index contributed by atoms with van der Waals surface area (Å²) in [7, 11) is -3.51. The monoisotopic (exact) mass is 447 g/mol. The molecule has 30 heavy (non-hydrogen) atoms. The Labute approximate surface area is 179 Å². The second-order valence-corrected chi connectivity index (χ2v) is 11.5. The summed E-state index contributed by atoms with van der Waals surface area (Å²) in [4.78, 5) is 22.6. The second-order valence-electron chi connectivity index (χ2n) is 8.52. The predicted molar refractivity (Wildman–Crippen MR) is 115 cm³/mol. The zero-order chi connectivity index (χ0) is 21.1. The van der Waals surface area contributed by atoms with E-state index < -0.39 is 21.5 Å². The first-order chi connectivity index (χ1) is 14.2. The molecule has 0 radical (unpaired) electrons. The first kappa shape index (κ1) is 20.0. The van der Waals surface area contributed by atoms with Crippen molar-refractivity contribution in [3.05, 3.63) is 33.1 Å². The molecule has 3 aliphatic carbocycles. The summed E-state index contributed by atoms with van der Waals surface area (Å²) in [5.41, 5.74) is 4.72. The number of anilines is 1. The standard InChI is InChI=1S/C20H25N5O3S2/c1-20(27)10-4-9-15-17(20)29-19(23-15)30(21,28)25-18(26)24-16-11-5-2-7-13(11)22-14-8-3-6-12(14)16/h27H,2-10H2,1H3,(H3,21,22,24,25,26,28). The lowest BCUT2D eigenvalue weighted by atomic mass is 9.89. The molecular weight excluding hydrogens is 422 g/mol. The van der Waals surface area contributed by atoms with Gasteiger partial charge in [-0.15, -0.1) is 15.7 Å². The van der Waals surface area contributed by atoms with Crippen LogP contribution in [0.3, 0.4) is 0 Å². The first-order valence-corrected chi connectivity index (χ1v) is 12.8. The van der Waals surface area contributed by atoms with Gasteiger partial charge in [-0.25, -0.2) is 19.1 Å². The van der Waals surface area contributed by atoms with Crippen molar-refractivity contribution in [2.45, 2.75) is 74.7 Å². The van der Waals surface area contributed by atoms with Crippen LogP contribution < -0.4 is 10.5 Å². The maximum Gasteiger partial charge on any atom is 0.354 e. The lowest BCUT2D eigenvalue weighted by Crippen LogP contribution is -2.25. The fourth-order valence-electron chi connectivity index (χ4n) is 4.79. The van der Waals surface area contributed by atoms with E-state index in [9.17, 15) is 14.1 Å². The molecule has 160 valence electrons. The van der Waals surface area contributed by atoms with Crippen LogP contribution in [0.2, 0.25) is 0 Å². The number of aromatic nitrogens is 2. The molecule has 2 atom stereocenters. The molecule has 3 aliphatic rings. The molecule has 10 heteroatoms. The molecular formula is C20H25N5O3S2. The van der Waals surface area contributed by atoms with Gasteiger partial charge in [-0.1, -0.05) is 0 Å². The normalized spacial score (nSPS) is 24.0. The van der Waals surface area contributed by atoms with Gasteiger partial charge in [0.05, 0.1) is 21.9 Å². The van der Waals surface area contributed by atoms with Crippen LogP contribution in [0, 0.1) is 0 Å². The molecule has 2 amide bonds. The number of rotatable bonds is 2. The highest BCUT2D eigenvalue weighted by atomic mass is 32.2. The number of nitrogens with two attached hydrogens (primary N) is 1. The van der Waals surface area contributed by atoms with E-state index in [2.05, 4.69) is 14.7 Å². The summed E-state index contributed by atoms with van der Waals surface area (Å²) >= 11 is 1.09. The second kappa shape index (κ2) is 7.08. The average Bonchev–Trinajstić information content (AvgIpc) is 3.39. The molecule has 0 aromatic carbocycles. The molecule has 8 nitrogen and oxygen atoms in total. The molecule has 2 aromatic rings. The third kappa shape index (κ3) is 3.35. The van der Waals surface area contributed by atoms with E-state index in [1.165, 1.54) is 0 Å². The highest BCUT2D eigenvalue weighted by Crippen LogP contribution is 2.40. The molecule has 0 bridgehead atoms. The lowest BCUT2D eigenvalue weighted by molar-refractivity contribution is 0.0422. The van der Waals surface area contributed by atoms with Gasteiger partial charge in [0.1, 0.15) is 0 Å². The number of aliphatic hydroxyl groups is 1. The van der Waals surface area contributed by atoms with Crippen LogP contribution in [0.4, 0.5) is 10.5 Å². The van der Waals surface area contributed by atoms with Crippen molar-refractivity contribution >= 4 is 33.0 Å². The molecule has 2 unspecified atom stereocenters. The minimum Gasteiger partial charge on any atom is -0.385 e. The number of hydrogen-bond acceptors (Lipinski definition) is 6. The number of aryl methyl sites for hydroxylation is 3. The van der Waals surface area contributed by atoms with Crippen molar-refractivity contribution in [3.63, 3.8) is 0 Å². The van der Waals surface area contributed by atoms with Gasteiger partial charge >= 0.3 is 6.03 Å². The Bertz CT molecular complexity index is 1150. The van der Waals surface area contributed by atoms with Gasteiger partial charge in [0.2, 0.25) is 4.34 Å². The van der Waals surface area contributed by atoms with Crippen LogP contribution in [0.25, 0.3) is 0 Å². The minimum atomic E-state index is -3.51. The summed E-state index contributed by atoms with van der Waals surface area (Å²) in [6, 6.07) is -0.725. The third-order valence-electron chi connectivity index (χ3n) is 6.20. The summed E-state index contributed by atoms with van der Waals surface area (Å²) in [5, 5.41) is 19.4. The Balaban J connectivity index is 1.47. The van der Waals surface area contributed by atoms with Gasteiger partial charge in [-0.05, 0) is 75.8 Å². The highest BCUT2D eigenvalue weighted by Gasteiger charge is 2.34. The van der Waals surface area contributed by atoms with Crippen molar-refractivity contribution in [3.8, 4) is 0 Å². The van der Waals surface area contributed by atoms with Crippen LogP contribution in [-0.2, 0) is 47.6 Å². The number of nitrogens with one attached hydrogen (secondary N) is 1. The average molecular weight is 448 g/mol. The minimum absolute atomic E-state index is 0.0926. The number of thiazole rings is 1. The van der Waals surface area contributed by atoms with E-state index in [1.807, 2.05) is 0 Å². The zero-order valence-corrected chi connectivity index (χ0v) is 18.5. The van der Waals surface area contributed by atoms with E-state index >= 15 is 0 Å². The van der Waals surface area contributed by atoms with Crippen molar-refractivity contribution in [2.75, 3.05) is 5.32 Å². The predicted octanol–water partition coefficient (Wildman–Crippen LogP) is 2.99. The smallest absolute Gasteiger partial charge is 0.354 e. The van der Waals surface area contributed by atoms with E-state index in [-0.39, 0.29) is 4.34 Å². The van der Waals surface area contributed by atoms with Gasteiger partial charge in [-0.3, -0.25) is 4.98 Å². The zero-order valence-electron chi connectivity index (χ0n) is 16.9. The number of nitrogens with zero attached hydrogens (tertiary/aromatic N) is 3. The SMILES string of the molecule is CC1(O)CCCc2nc(S(N)(=O)=NC(=O)Nc3c4c(nc5c3CCC5)CCC4)sc21. The molecule has 0 aliphatic heterocycles. The molecule has 2 aromatic heterocycles. The van der Waals surface area contributed by atoms with Gasteiger partial charge in [0, 0.05) is 11.4 Å². The molecule has 2 heterocycles. The summed E-state index contributed by atoms with van der Waals surface area (Å²) in [6.45, 7) is 1.72. The van der Waals surface area contributed by atoms with Crippen molar-refractivity contribution in [1.29, 1.82) is 0 Å². The Morgan fingerprint density at radius 2 is 1.73 bits per heavy atom. The largest absolute Gasteiger partial charge is 0.385 e. The van der Waals surface area contributed by atoms with Crippen LogP contribution in [0.5, 0.6) is 0 Å². The number of amides is 2. The Morgan fingerprint density at radius 3 is 2.37 bits per heavy atom. The maximum absolute atomic E-state index is 13.1. The van der Waals surface area contributed by atoms with Gasteiger partial charge in [0.25, 0.3) is 0 Å². The van der Waals surface area contributed by atoms with E-state index in [4.69, 9.17) is 10.1 Å². The van der Waals surface area contributed by atoms with Crippen molar-refractivity contribution in [2.24, 2.45) is 9.50 Å². The summed E-state index contributed by atoms with van der Waals surface area (Å²) in [6.07, 6.45) is 7.72. The summed E-state index contributed by atoms with van der Waals surface area (Å²) < 4.78 is 17.0. The molecule has 5 rings (SSSR count). The quantitative estimate of drug-likeness (QED) is 0.651. The summed E-state index contributed by atoms with van der Waals surface area (Å²) in [5.74, 6) is 0. The fourth-order valence-corrected chi connectivity index (χ4v) is 7.16. The third-order valence-corrected chi connectivity index (χ3v) is 9.34. The highest BCUT2D eigenvalue weighted by molar-refractivity contribution is 7.93. The van der Waals surface area contributed by atoms with Crippen LogP contribution in [0.1, 0.15) is 65.7 Å². The lowest BCUT2D eigenvalue weighted by Gasteiger charge is -2.26. The molecule has 4 N–H and O–H groups in total. The maximum atomic E-state index is 13.1. The van der Waals surface area contributed by atoms with Crippen LogP contribution in [0.15, 0.2) is 8.70 Å². The van der Waals surface area contributed by atoms with E-state index in [0.717, 1.165) is 84.5 Å². The molecule has 0 fully saturated rings. The van der Waals surface area contributed by atoms with Crippen LogP contribution >= 0.6 is 11.3 Å². The molecule has 0 spiro atoms. The Hall–Kier alpha value is -1.88. The topological polar surface area (TPSA) is 131 Å². The number of hydrogen-bond donors (Lipinski definition) is 3. The first-order valence-electron chi connectivity index (χ1n) is 10.4. The number of carbonyl (C=O) groups excluding carboxylic acids is 1. The van der Waals surface area contributed by atoms with Gasteiger partial charge in [0.15, 0.2) is 9.92 Å². The van der Waals surface area contributed by atoms with Crippen LogP contribution in [-0.4, -0.2) is 25.3 Å².